The van der Waals surface area contributed by atoms with Gasteiger partial charge in [0.25, 0.3) is 5.91 Å². The Morgan fingerprint density at radius 2 is 1.94 bits per heavy atom. The van der Waals surface area contributed by atoms with Crippen LogP contribution in [-0.2, 0) is 14.3 Å². The van der Waals surface area contributed by atoms with Crippen LogP contribution in [-0.4, -0.2) is 43.9 Å². The molecular formula is C24H26N2O6. The number of nitriles is 1. The van der Waals surface area contributed by atoms with E-state index in [9.17, 15) is 20.0 Å². The second-order valence-corrected chi connectivity index (χ2v) is 7.94. The smallest absolute Gasteiger partial charge is 0.306 e. The van der Waals surface area contributed by atoms with E-state index in [1.165, 1.54) is 14.2 Å². The second kappa shape index (κ2) is 9.71. The summed E-state index contributed by atoms with van der Waals surface area (Å²) in [6.07, 6.45) is -2.52. The summed E-state index contributed by atoms with van der Waals surface area (Å²) in [4.78, 5) is 26.5. The standard InChI is InChI=1S/C24H26N2O6/c1-14(2)13-26-19-8-5-15(12-25)9-18(19)23(32-21(24(26)29)11-22(27)28)17-7-6-16(30-3)10-20(17)31-4/h5-10,14,21,23H,11,13H2,1-4H3,(H,27,28). The molecule has 1 N–H and O–H groups in total. The molecule has 1 heterocycles. The minimum absolute atomic E-state index is 0.125. The van der Waals surface area contributed by atoms with Gasteiger partial charge >= 0.3 is 5.97 Å². The first kappa shape index (κ1) is 23.1. The summed E-state index contributed by atoms with van der Waals surface area (Å²) in [6.45, 7) is 4.32. The van der Waals surface area contributed by atoms with Crippen LogP contribution in [0.25, 0.3) is 0 Å². The van der Waals surface area contributed by atoms with Gasteiger partial charge in [-0.3, -0.25) is 9.59 Å². The number of hydrogen-bond donors (Lipinski definition) is 1. The van der Waals surface area contributed by atoms with Gasteiger partial charge in [-0.15, -0.1) is 0 Å². The summed E-state index contributed by atoms with van der Waals surface area (Å²) >= 11 is 0. The third kappa shape index (κ3) is 4.68. The fourth-order valence-electron chi connectivity index (χ4n) is 3.79. The minimum Gasteiger partial charge on any atom is -0.497 e. The normalized spacial score (nSPS) is 18.0. The lowest BCUT2D eigenvalue weighted by Gasteiger charge is -2.26. The van der Waals surface area contributed by atoms with Crippen LogP contribution in [0.2, 0.25) is 0 Å². The van der Waals surface area contributed by atoms with Gasteiger partial charge in [0.1, 0.15) is 23.7 Å². The minimum atomic E-state index is -1.21. The lowest BCUT2D eigenvalue weighted by molar-refractivity contribution is -0.147. The number of carboxylic acid groups (broad SMARTS) is 1. The van der Waals surface area contributed by atoms with Crippen molar-refractivity contribution < 1.29 is 28.9 Å². The van der Waals surface area contributed by atoms with Gasteiger partial charge in [-0.25, -0.2) is 0 Å². The number of amides is 1. The van der Waals surface area contributed by atoms with Crippen LogP contribution in [0.5, 0.6) is 11.5 Å². The first-order valence-corrected chi connectivity index (χ1v) is 10.2. The van der Waals surface area contributed by atoms with Crippen molar-refractivity contribution in [3.05, 3.63) is 53.1 Å². The summed E-state index contributed by atoms with van der Waals surface area (Å²) in [6, 6.07) is 12.3. The number of benzene rings is 2. The number of ether oxygens (including phenoxy) is 3. The first-order valence-electron chi connectivity index (χ1n) is 10.2. The average Bonchev–Trinajstić information content (AvgIpc) is 2.88. The Hall–Kier alpha value is -3.57. The lowest BCUT2D eigenvalue weighted by atomic mass is 9.96. The van der Waals surface area contributed by atoms with Crippen molar-refractivity contribution in [1.82, 2.24) is 0 Å². The van der Waals surface area contributed by atoms with Gasteiger partial charge in [0.2, 0.25) is 0 Å². The third-order valence-corrected chi connectivity index (χ3v) is 5.20. The molecule has 32 heavy (non-hydrogen) atoms. The Bertz CT molecular complexity index is 1060. The van der Waals surface area contributed by atoms with Gasteiger partial charge in [0.05, 0.1) is 32.3 Å². The molecule has 8 nitrogen and oxygen atoms in total. The highest BCUT2D eigenvalue weighted by atomic mass is 16.5. The number of anilines is 1. The van der Waals surface area contributed by atoms with Crippen molar-refractivity contribution in [3.63, 3.8) is 0 Å². The van der Waals surface area contributed by atoms with Crippen LogP contribution < -0.4 is 14.4 Å². The fraction of sp³-hybridized carbons (Fsp3) is 0.375. The molecule has 3 rings (SSSR count). The molecule has 1 aliphatic rings. The number of methoxy groups -OCH3 is 2. The molecule has 0 radical (unpaired) electrons. The van der Waals surface area contributed by atoms with Crippen LogP contribution in [0.1, 0.15) is 43.1 Å². The van der Waals surface area contributed by atoms with Crippen molar-refractivity contribution in [2.24, 2.45) is 5.92 Å². The molecule has 2 unspecified atom stereocenters. The second-order valence-electron chi connectivity index (χ2n) is 7.94. The Morgan fingerprint density at radius 3 is 2.53 bits per heavy atom. The predicted octanol–water partition coefficient (Wildman–Crippen LogP) is 3.53. The molecule has 8 heteroatoms. The number of hydrogen-bond acceptors (Lipinski definition) is 6. The van der Waals surface area contributed by atoms with Gasteiger partial charge in [0.15, 0.2) is 0 Å². The largest absolute Gasteiger partial charge is 0.497 e. The lowest BCUT2D eigenvalue weighted by Crippen LogP contribution is -2.42. The molecule has 0 spiro atoms. The molecular weight excluding hydrogens is 412 g/mol. The highest BCUT2D eigenvalue weighted by Crippen LogP contribution is 2.43. The zero-order valence-corrected chi connectivity index (χ0v) is 18.5. The Kier molecular flexibility index (Phi) is 7.01. The molecule has 2 aromatic rings. The number of carboxylic acids is 1. The number of carbonyl (C=O) groups excluding carboxylic acids is 1. The third-order valence-electron chi connectivity index (χ3n) is 5.20. The van der Waals surface area contributed by atoms with E-state index >= 15 is 0 Å². The number of carbonyl (C=O) groups is 2. The monoisotopic (exact) mass is 438 g/mol. The van der Waals surface area contributed by atoms with E-state index in [4.69, 9.17) is 14.2 Å². The summed E-state index contributed by atoms with van der Waals surface area (Å²) < 4.78 is 17.0. The molecule has 168 valence electrons. The predicted molar refractivity (Wildman–Crippen MR) is 117 cm³/mol. The zero-order valence-electron chi connectivity index (χ0n) is 18.5. The van der Waals surface area contributed by atoms with Gasteiger partial charge in [0, 0.05) is 29.4 Å². The number of rotatable bonds is 7. The van der Waals surface area contributed by atoms with E-state index in [1.54, 1.807) is 41.3 Å². The molecule has 0 saturated heterocycles. The molecule has 1 aliphatic heterocycles. The van der Waals surface area contributed by atoms with Crippen molar-refractivity contribution >= 4 is 17.6 Å². The van der Waals surface area contributed by atoms with E-state index in [0.29, 0.717) is 40.4 Å². The van der Waals surface area contributed by atoms with Crippen molar-refractivity contribution in [3.8, 4) is 17.6 Å². The SMILES string of the molecule is COc1ccc(C2OC(CC(=O)O)C(=O)N(CC(C)C)c3ccc(C#N)cc32)c(OC)c1. The van der Waals surface area contributed by atoms with Gasteiger partial charge < -0.3 is 24.2 Å². The molecule has 1 amide bonds. The molecule has 0 bridgehead atoms. The zero-order chi connectivity index (χ0) is 23.4. The molecule has 2 atom stereocenters. The molecule has 0 aromatic heterocycles. The summed E-state index contributed by atoms with van der Waals surface area (Å²) in [5.41, 5.74) is 2.17. The molecule has 2 aromatic carbocycles. The first-order chi connectivity index (χ1) is 15.3. The maximum absolute atomic E-state index is 13.4. The molecule has 0 saturated carbocycles. The van der Waals surface area contributed by atoms with E-state index in [1.807, 2.05) is 13.8 Å². The van der Waals surface area contributed by atoms with Crippen LogP contribution in [0, 0.1) is 17.2 Å². The van der Waals surface area contributed by atoms with Crippen LogP contribution in [0.15, 0.2) is 36.4 Å². The number of aliphatic carboxylic acids is 1. The van der Waals surface area contributed by atoms with Gasteiger partial charge in [-0.1, -0.05) is 13.8 Å². The van der Waals surface area contributed by atoms with E-state index in [2.05, 4.69) is 6.07 Å². The van der Waals surface area contributed by atoms with Crippen molar-refractivity contribution in [2.75, 3.05) is 25.7 Å². The Labute approximate surface area is 186 Å². The number of nitrogens with zero attached hydrogens (tertiary/aromatic N) is 2. The number of fused-ring (bicyclic) bond motifs is 1. The van der Waals surface area contributed by atoms with Crippen LogP contribution >= 0.6 is 0 Å². The van der Waals surface area contributed by atoms with Crippen LogP contribution in [0.4, 0.5) is 5.69 Å². The molecule has 0 aliphatic carbocycles. The van der Waals surface area contributed by atoms with Crippen LogP contribution in [0.3, 0.4) is 0 Å². The summed E-state index contributed by atoms with van der Waals surface area (Å²) in [5, 5.41) is 18.9. The topological polar surface area (TPSA) is 109 Å². The van der Waals surface area contributed by atoms with Gasteiger partial charge in [-0.2, -0.15) is 5.26 Å². The summed E-state index contributed by atoms with van der Waals surface area (Å²) in [5.74, 6) is -0.412. The summed E-state index contributed by atoms with van der Waals surface area (Å²) in [7, 11) is 3.04. The molecule has 0 fully saturated rings. The average molecular weight is 438 g/mol. The maximum atomic E-state index is 13.4. The van der Waals surface area contributed by atoms with E-state index < -0.39 is 30.5 Å². The highest BCUT2D eigenvalue weighted by molar-refractivity contribution is 5.99. The Balaban J connectivity index is 2.26. The quantitative estimate of drug-likeness (QED) is 0.704. The Morgan fingerprint density at radius 1 is 1.19 bits per heavy atom. The maximum Gasteiger partial charge on any atom is 0.306 e. The van der Waals surface area contributed by atoms with Crippen molar-refractivity contribution in [1.29, 1.82) is 5.26 Å². The van der Waals surface area contributed by atoms with E-state index in [0.717, 1.165) is 0 Å². The van der Waals surface area contributed by atoms with E-state index in [-0.39, 0.29) is 5.92 Å². The van der Waals surface area contributed by atoms with Gasteiger partial charge in [-0.05, 0) is 36.2 Å². The fourth-order valence-corrected chi connectivity index (χ4v) is 3.79. The highest BCUT2D eigenvalue weighted by Gasteiger charge is 2.38. The van der Waals surface area contributed by atoms with Crippen molar-refractivity contribution in [2.45, 2.75) is 32.5 Å².